The largest absolute Gasteiger partial charge is 0.396 e. The van der Waals surface area contributed by atoms with Crippen molar-refractivity contribution in [2.75, 3.05) is 6.61 Å². The first-order valence-electron chi connectivity index (χ1n) is 5.93. The molecule has 4 heteroatoms. The minimum Gasteiger partial charge on any atom is -0.396 e. The van der Waals surface area contributed by atoms with E-state index in [1.165, 1.54) is 0 Å². The Morgan fingerprint density at radius 2 is 1.87 bits per heavy atom. The summed E-state index contributed by atoms with van der Waals surface area (Å²) in [5, 5.41) is 18.8. The van der Waals surface area contributed by atoms with Gasteiger partial charge >= 0.3 is 0 Å². The maximum Gasteiger partial charge on any atom is 0.190 e. The molecule has 0 aromatic rings. The van der Waals surface area contributed by atoms with Crippen LogP contribution in [0.25, 0.3) is 0 Å². The minimum absolute atomic E-state index is 0.00404. The zero-order valence-corrected chi connectivity index (χ0v) is 11.5. The van der Waals surface area contributed by atoms with E-state index in [1.807, 2.05) is 6.92 Å². The second-order valence-corrected chi connectivity index (χ2v) is 8.98. The molecule has 2 unspecified atom stereocenters. The second kappa shape index (κ2) is 7.38. The van der Waals surface area contributed by atoms with Crippen molar-refractivity contribution in [3.63, 3.8) is 0 Å². The lowest BCUT2D eigenvalue weighted by Crippen LogP contribution is -2.39. The Morgan fingerprint density at radius 3 is 2.27 bits per heavy atom. The van der Waals surface area contributed by atoms with E-state index in [0.29, 0.717) is 0 Å². The zero-order chi connectivity index (χ0) is 11.9. The van der Waals surface area contributed by atoms with E-state index < -0.39 is 14.6 Å². The summed E-state index contributed by atoms with van der Waals surface area (Å²) in [5.41, 5.74) is 0. The van der Waals surface area contributed by atoms with E-state index >= 15 is 0 Å². The van der Waals surface area contributed by atoms with Crippen LogP contribution in [-0.4, -0.2) is 31.4 Å². The van der Waals surface area contributed by atoms with Crippen molar-refractivity contribution in [1.29, 1.82) is 0 Å². The standard InChI is InChI=1S/C11H26O3Si/c1-5-7-8-15(3,4)14-11(13)10(6-2)9-12/h10-13H,5-9H2,1-4H3. The first-order chi connectivity index (χ1) is 6.96. The van der Waals surface area contributed by atoms with Crippen LogP contribution in [0.5, 0.6) is 0 Å². The predicted octanol–water partition coefficient (Wildman–Crippen LogP) is 2.35. The monoisotopic (exact) mass is 234 g/mol. The van der Waals surface area contributed by atoms with Crippen molar-refractivity contribution in [2.45, 2.75) is 58.5 Å². The number of unbranched alkanes of at least 4 members (excludes halogenated alkanes) is 1. The molecule has 0 aromatic carbocycles. The highest BCUT2D eigenvalue weighted by Crippen LogP contribution is 2.20. The molecule has 0 aliphatic carbocycles. The van der Waals surface area contributed by atoms with Gasteiger partial charge in [0.2, 0.25) is 0 Å². The number of hydrogen-bond acceptors (Lipinski definition) is 3. The fourth-order valence-corrected chi connectivity index (χ4v) is 3.67. The zero-order valence-electron chi connectivity index (χ0n) is 10.5. The van der Waals surface area contributed by atoms with Crippen molar-refractivity contribution in [1.82, 2.24) is 0 Å². The number of aliphatic hydroxyl groups is 2. The number of hydrogen-bond donors (Lipinski definition) is 2. The quantitative estimate of drug-likeness (QED) is 0.501. The lowest BCUT2D eigenvalue weighted by atomic mass is 10.1. The SMILES string of the molecule is CCCC[Si](C)(C)OC(O)C(CC)CO. The molecular formula is C11H26O3Si. The molecule has 0 aliphatic heterocycles. The third-order valence-electron chi connectivity index (χ3n) is 2.73. The van der Waals surface area contributed by atoms with Gasteiger partial charge in [0.15, 0.2) is 8.32 Å². The molecular weight excluding hydrogens is 208 g/mol. The molecule has 3 nitrogen and oxygen atoms in total. The van der Waals surface area contributed by atoms with Crippen LogP contribution in [0.1, 0.15) is 33.1 Å². The van der Waals surface area contributed by atoms with Gasteiger partial charge in [-0.1, -0.05) is 26.7 Å². The Labute approximate surface area is 94.6 Å². The predicted molar refractivity (Wildman–Crippen MR) is 65.2 cm³/mol. The molecule has 2 N–H and O–H groups in total. The van der Waals surface area contributed by atoms with E-state index in [2.05, 4.69) is 20.0 Å². The van der Waals surface area contributed by atoms with Gasteiger partial charge in [-0.15, -0.1) is 0 Å². The van der Waals surface area contributed by atoms with Crippen LogP contribution in [0, 0.1) is 5.92 Å². The van der Waals surface area contributed by atoms with E-state index in [1.54, 1.807) is 0 Å². The molecule has 15 heavy (non-hydrogen) atoms. The van der Waals surface area contributed by atoms with Gasteiger partial charge in [-0.25, -0.2) is 0 Å². The first kappa shape index (κ1) is 15.1. The topological polar surface area (TPSA) is 49.7 Å². The van der Waals surface area contributed by atoms with Crippen LogP contribution in [0.4, 0.5) is 0 Å². The second-order valence-electron chi connectivity index (χ2n) is 4.72. The van der Waals surface area contributed by atoms with E-state index in [-0.39, 0.29) is 12.5 Å². The molecule has 2 atom stereocenters. The summed E-state index contributed by atoms with van der Waals surface area (Å²) >= 11 is 0. The van der Waals surface area contributed by atoms with Crippen LogP contribution in [0.15, 0.2) is 0 Å². The molecule has 0 aromatic heterocycles. The molecule has 0 spiro atoms. The molecule has 0 amide bonds. The van der Waals surface area contributed by atoms with Gasteiger partial charge in [0, 0.05) is 5.92 Å². The van der Waals surface area contributed by atoms with Crippen molar-refractivity contribution in [3.05, 3.63) is 0 Å². The molecule has 0 saturated carbocycles. The van der Waals surface area contributed by atoms with E-state index in [9.17, 15) is 5.11 Å². The Kier molecular flexibility index (Phi) is 7.43. The lowest BCUT2D eigenvalue weighted by molar-refractivity contribution is -0.0840. The highest BCUT2D eigenvalue weighted by atomic mass is 28.4. The lowest BCUT2D eigenvalue weighted by Gasteiger charge is -2.29. The maximum absolute atomic E-state index is 9.80. The van der Waals surface area contributed by atoms with Gasteiger partial charge in [-0.2, -0.15) is 0 Å². The average molecular weight is 234 g/mol. The molecule has 0 bridgehead atoms. The van der Waals surface area contributed by atoms with Crippen molar-refractivity contribution in [2.24, 2.45) is 5.92 Å². The van der Waals surface area contributed by atoms with Crippen LogP contribution >= 0.6 is 0 Å². The van der Waals surface area contributed by atoms with Gasteiger partial charge in [0.05, 0.1) is 6.61 Å². The molecule has 0 heterocycles. The Bertz CT molecular complexity index is 158. The van der Waals surface area contributed by atoms with Crippen molar-refractivity contribution >= 4 is 8.32 Å². The smallest absolute Gasteiger partial charge is 0.190 e. The summed E-state index contributed by atoms with van der Waals surface area (Å²) in [6, 6.07) is 1.07. The summed E-state index contributed by atoms with van der Waals surface area (Å²) in [6.45, 7) is 8.35. The third-order valence-corrected chi connectivity index (χ3v) is 5.17. The maximum atomic E-state index is 9.80. The Balaban J connectivity index is 4.06. The summed E-state index contributed by atoms with van der Waals surface area (Å²) in [7, 11) is -1.74. The number of rotatable bonds is 8. The summed E-state index contributed by atoms with van der Waals surface area (Å²) in [4.78, 5) is 0. The van der Waals surface area contributed by atoms with Gasteiger partial charge in [-0.05, 0) is 25.6 Å². The first-order valence-corrected chi connectivity index (χ1v) is 9.05. The normalized spacial score (nSPS) is 16.4. The average Bonchev–Trinajstić information content (AvgIpc) is 2.16. The van der Waals surface area contributed by atoms with Gasteiger partial charge in [-0.3, -0.25) is 0 Å². The van der Waals surface area contributed by atoms with Gasteiger partial charge in [0.1, 0.15) is 6.29 Å². The summed E-state index contributed by atoms with van der Waals surface area (Å²) in [6.07, 6.45) is 2.27. The molecule has 0 aliphatic rings. The van der Waals surface area contributed by atoms with E-state index in [4.69, 9.17) is 9.53 Å². The molecule has 0 radical (unpaired) electrons. The third kappa shape index (κ3) is 6.30. The van der Waals surface area contributed by atoms with Crippen LogP contribution in [-0.2, 0) is 4.43 Å². The molecule has 0 rings (SSSR count). The minimum atomic E-state index is -1.74. The van der Waals surface area contributed by atoms with Gasteiger partial charge in [0.25, 0.3) is 0 Å². The highest BCUT2D eigenvalue weighted by Gasteiger charge is 2.28. The highest BCUT2D eigenvalue weighted by molar-refractivity contribution is 6.71. The van der Waals surface area contributed by atoms with Crippen molar-refractivity contribution < 1.29 is 14.6 Å². The van der Waals surface area contributed by atoms with Gasteiger partial charge < -0.3 is 14.6 Å². The van der Waals surface area contributed by atoms with Crippen LogP contribution < -0.4 is 0 Å². The number of aliphatic hydroxyl groups excluding tert-OH is 2. The van der Waals surface area contributed by atoms with E-state index in [0.717, 1.165) is 25.3 Å². The summed E-state index contributed by atoms with van der Waals surface area (Å²) in [5.74, 6) is -0.140. The summed E-state index contributed by atoms with van der Waals surface area (Å²) < 4.78 is 5.72. The van der Waals surface area contributed by atoms with Crippen LogP contribution in [0.2, 0.25) is 19.1 Å². The van der Waals surface area contributed by atoms with Crippen LogP contribution in [0.3, 0.4) is 0 Å². The molecule has 92 valence electrons. The molecule has 0 saturated heterocycles. The fraction of sp³-hybridized carbons (Fsp3) is 1.00. The Morgan fingerprint density at radius 1 is 1.27 bits per heavy atom. The molecule has 0 fully saturated rings. The Hall–Kier alpha value is 0.0969. The van der Waals surface area contributed by atoms with Crippen molar-refractivity contribution in [3.8, 4) is 0 Å². The fourth-order valence-electron chi connectivity index (χ4n) is 1.51.